The van der Waals surface area contributed by atoms with Crippen molar-refractivity contribution in [1.29, 1.82) is 0 Å². The Morgan fingerprint density at radius 3 is 2.53 bits per heavy atom. The first kappa shape index (κ1) is 22.4. The third-order valence-corrected chi connectivity index (χ3v) is 6.25. The van der Waals surface area contributed by atoms with E-state index in [9.17, 15) is 14.4 Å². The van der Waals surface area contributed by atoms with Gasteiger partial charge in [-0.1, -0.05) is 36.2 Å². The van der Waals surface area contributed by atoms with Gasteiger partial charge in [0.05, 0.1) is 29.3 Å². The molecule has 0 fully saturated rings. The number of carbonyl (C=O) groups excluding carboxylic acids is 3. The molecule has 0 aromatic heterocycles. The second-order valence-corrected chi connectivity index (χ2v) is 8.24. The third-order valence-electron chi connectivity index (χ3n) is 5.52. The van der Waals surface area contributed by atoms with E-state index >= 15 is 0 Å². The number of Topliss-reactive ketones (excluding diaryl/α,β-unsaturated/α-hetero) is 1. The number of esters is 2. The maximum Gasteiger partial charge on any atom is 0.336 e. The minimum absolute atomic E-state index is 0.186. The number of hydrogen-bond donors (Lipinski definition) is 1. The Morgan fingerprint density at radius 1 is 1.23 bits per heavy atom. The summed E-state index contributed by atoms with van der Waals surface area (Å²) >= 11 is 12.3. The van der Waals surface area contributed by atoms with Gasteiger partial charge in [-0.25, -0.2) is 4.79 Å². The minimum atomic E-state index is -0.942. The first-order chi connectivity index (χ1) is 14.2. The standard InChI is InChI=1S/C22H23Cl2NO5/c1-5-30-22(28)17-11(3)25-15-8-10(2)16(21(27)29-4)20(26)19(15)18(17)12-6-7-13(23)14(24)9-12/h6-7,9-10,16,18,25H,5,8H2,1-4H3. The van der Waals surface area contributed by atoms with Crippen molar-refractivity contribution < 1.29 is 23.9 Å². The van der Waals surface area contributed by atoms with Crippen LogP contribution in [-0.4, -0.2) is 31.4 Å². The number of allylic oxidation sites excluding steroid dienone is 3. The Kier molecular flexibility index (Phi) is 6.58. The number of carbonyl (C=O) groups is 3. The van der Waals surface area contributed by atoms with Crippen LogP contribution in [0.15, 0.2) is 40.7 Å². The van der Waals surface area contributed by atoms with Crippen LogP contribution in [0, 0.1) is 11.8 Å². The van der Waals surface area contributed by atoms with E-state index in [1.54, 1.807) is 32.0 Å². The Balaban J connectivity index is 2.21. The van der Waals surface area contributed by atoms with Crippen LogP contribution in [-0.2, 0) is 23.9 Å². The van der Waals surface area contributed by atoms with E-state index < -0.39 is 23.8 Å². The predicted molar refractivity (Wildman–Crippen MR) is 113 cm³/mol. The summed E-state index contributed by atoms with van der Waals surface area (Å²) in [5, 5.41) is 3.86. The zero-order valence-corrected chi connectivity index (χ0v) is 18.7. The number of dihydropyridines is 1. The largest absolute Gasteiger partial charge is 0.468 e. The number of ether oxygens (including phenoxy) is 2. The van der Waals surface area contributed by atoms with Crippen LogP contribution in [0.4, 0.5) is 0 Å². The molecule has 0 spiro atoms. The van der Waals surface area contributed by atoms with Gasteiger partial charge in [-0.05, 0) is 43.9 Å². The predicted octanol–water partition coefficient (Wildman–Crippen LogP) is 4.17. The van der Waals surface area contributed by atoms with E-state index in [4.69, 9.17) is 32.7 Å². The second kappa shape index (κ2) is 8.82. The zero-order chi connectivity index (χ0) is 22.2. The van der Waals surface area contributed by atoms with Gasteiger partial charge in [-0.2, -0.15) is 0 Å². The summed E-state index contributed by atoms with van der Waals surface area (Å²) in [5.74, 6) is -3.41. The van der Waals surface area contributed by atoms with Crippen LogP contribution >= 0.6 is 23.2 Å². The lowest BCUT2D eigenvalue weighted by atomic mass is 9.69. The number of ketones is 1. The summed E-state index contributed by atoms with van der Waals surface area (Å²) in [6, 6.07) is 4.97. The molecule has 3 rings (SSSR count). The lowest BCUT2D eigenvalue weighted by Crippen LogP contribution is -2.43. The van der Waals surface area contributed by atoms with Gasteiger partial charge in [-0.3, -0.25) is 9.59 Å². The Bertz CT molecular complexity index is 982. The van der Waals surface area contributed by atoms with Crippen molar-refractivity contribution in [3.8, 4) is 0 Å². The summed E-state index contributed by atoms with van der Waals surface area (Å²) in [5.41, 5.74) is 2.57. The minimum Gasteiger partial charge on any atom is -0.468 e. The van der Waals surface area contributed by atoms with Crippen molar-refractivity contribution in [3.05, 3.63) is 56.3 Å². The number of benzene rings is 1. The fourth-order valence-corrected chi connectivity index (χ4v) is 4.49. The molecule has 6 nitrogen and oxygen atoms in total. The number of methoxy groups -OCH3 is 1. The molecule has 3 unspecified atom stereocenters. The topological polar surface area (TPSA) is 81.7 Å². The highest BCUT2D eigenvalue weighted by molar-refractivity contribution is 6.42. The maximum atomic E-state index is 13.5. The average molecular weight is 452 g/mol. The van der Waals surface area contributed by atoms with Gasteiger partial charge >= 0.3 is 11.9 Å². The molecule has 0 radical (unpaired) electrons. The lowest BCUT2D eigenvalue weighted by molar-refractivity contribution is -0.151. The van der Waals surface area contributed by atoms with Gasteiger partial charge in [0, 0.05) is 22.9 Å². The maximum absolute atomic E-state index is 13.5. The fraction of sp³-hybridized carbons (Fsp3) is 0.409. The highest BCUT2D eigenvalue weighted by Crippen LogP contribution is 2.46. The smallest absolute Gasteiger partial charge is 0.336 e. The highest BCUT2D eigenvalue weighted by Gasteiger charge is 2.47. The summed E-state index contributed by atoms with van der Waals surface area (Å²) in [6.07, 6.45) is 0.464. The van der Waals surface area contributed by atoms with Crippen molar-refractivity contribution in [3.63, 3.8) is 0 Å². The van der Waals surface area contributed by atoms with Gasteiger partial charge in [0.15, 0.2) is 5.78 Å². The molecule has 1 aromatic carbocycles. The number of hydrogen-bond acceptors (Lipinski definition) is 6. The van der Waals surface area contributed by atoms with Gasteiger partial charge in [0.25, 0.3) is 0 Å². The van der Waals surface area contributed by atoms with Gasteiger partial charge in [-0.15, -0.1) is 0 Å². The first-order valence-electron chi connectivity index (χ1n) is 9.66. The normalized spacial score (nSPS) is 23.7. The molecule has 1 aliphatic heterocycles. The quantitative estimate of drug-likeness (QED) is 0.546. The Labute approximate surface area is 185 Å². The van der Waals surface area contributed by atoms with Crippen LogP contribution in [0.5, 0.6) is 0 Å². The van der Waals surface area contributed by atoms with Crippen molar-refractivity contribution in [2.45, 2.75) is 33.1 Å². The summed E-state index contributed by atoms with van der Waals surface area (Å²) < 4.78 is 10.1. The van der Waals surface area contributed by atoms with Gasteiger partial charge in [0.1, 0.15) is 5.92 Å². The van der Waals surface area contributed by atoms with Crippen molar-refractivity contribution in [1.82, 2.24) is 5.32 Å². The molecule has 1 N–H and O–H groups in total. The monoisotopic (exact) mass is 451 g/mol. The molecule has 1 aromatic rings. The molecule has 0 saturated heterocycles. The van der Waals surface area contributed by atoms with Crippen molar-refractivity contribution >= 4 is 40.9 Å². The molecule has 0 saturated carbocycles. The van der Waals surface area contributed by atoms with E-state index in [1.807, 2.05) is 6.92 Å². The molecule has 30 heavy (non-hydrogen) atoms. The second-order valence-electron chi connectivity index (χ2n) is 7.43. The van der Waals surface area contributed by atoms with Crippen molar-refractivity contribution in [2.75, 3.05) is 13.7 Å². The Morgan fingerprint density at radius 2 is 1.93 bits per heavy atom. The molecular formula is C22H23Cl2NO5. The summed E-state index contributed by atoms with van der Waals surface area (Å²) in [7, 11) is 1.26. The van der Waals surface area contributed by atoms with Crippen LogP contribution in [0.1, 0.15) is 38.7 Å². The molecule has 1 aliphatic carbocycles. The van der Waals surface area contributed by atoms with Gasteiger partial charge in [0.2, 0.25) is 0 Å². The van der Waals surface area contributed by atoms with E-state index in [-0.39, 0.29) is 18.3 Å². The fourth-order valence-electron chi connectivity index (χ4n) is 4.19. The van der Waals surface area contributed by atoms with Crippen LogP contribution < -0.4 is 5.32 Å². The van der Waals surface area contributed by atoms with E-state index in [2.05, 4.69) is 5.32 Å². The lowest BCUT2D eigenvalue weighted by Gasteiger charge is -2.38. The number of rotatable bonds is 4. The molecule has 1 heterocycles. The number of halogens is 2. The summed E-state index contributed by atoms with van der Waals surface area (Å²) in [4.78, 5) is 38.7. The summed E-state index contributed by atoms with van der Waals surface area (Å²) in [6.45, 7) is 5.50. The van der Waals surface area contributed by atoms with E-state index in [0.29, 0.717) is 44.6 Å². The van der Waals surface area contributed by atoms with E-state index in [0.717, 1.165) is 0 Å². The third kappa shape index (κ3) is 3.86. The molecule has 3 atom stereocenters. The number of nitrogens with one attached hydrogen (secondary N) is 1. The molecule has 2 aliphatic rings. The Hall–Kier alpha value is -2.31. The van der Waals surface area contributed by atoms with Crippen LogP contribution in [0.25, 0.3) is 0 Å². The van der Waals surface area contributed by atoms with E-state index in [1.165, 1.54) is 7.11 Å². The first-order valence-corrected chi connectivity index (χ1v) is 10.4. The average Bonchev–Trinajstić information content (AvgIpc) is 2.68. The van der Waals surface area contributed by atoms with Crippen molar-refractivity contribution in [2.24, 2.45) is 11.8 Å². The van der Waals surface area contributed by atoms with Gasteiger partial charge < -0.3 is 14.8 Å². The molecular weight excluding hydrogens is 429 g/mol. The van der Waals surface area contributed by atoms with Crippen LogP contribution in [0.3, 0.4) is 0 Å². The van der Waals surface area contributed by atoms with Crippen LogP contribution in [0.2, 0.25) is 10.0 Å². The zero-order valence-electron chi connectivity index (χ0n) is 17.2. The molecule has 8 heteroatoms. The molecule has 0 bridgehead atoms. The highest BCUT2D eigenvalue weighted by atomic mass is 35.5. The molecule has 0 amide bonds. The SMILES string of the molecule is CCOC(=O)C1=C(C)NC2=C(C(=O)C(C(=O)OC)C(C)C2)C1c1ccc(Cl)c(Cl)c1. The molecule has 160 valence electrons.